The van der Waals surface area contributed by atoms with Gasteiger partial charge in [-0.25, -0.2) is 4.98 Å². The summed E-state index contributed by atoms with van der Waals surface area (Å²) < 4.78 is 0.755. The smallest absolute Gasteiger partial charge is 0.133 e. The lowest BCUT2D eigenvalue weighted by Crippen LogP contribution is -2.13. The Morgan fingerprint density at radius 1 is 1.14 bits per heavy atom. The molecule has 2 nitrogen and oxygen atoms in total. The van der Waals surface area contributed by atoms with Crippen molar-refractivity contribution in [1.82, 2.24) is 9.97 Å². The molecule has 1 aromatic carbocycles. The molecular formula is C18H20N2S. The van der Waals surface area contributed by atoms with Gasteiger partial charge in [-0.3, -0.25) is 0 Å². The highest BCUT2D eigenvalue weighted by molar-refractivity contribution is 7.71. The number of H-pyrrole nitrogens is 1. The minimum absolute atomic E-state index is 0.591. The molecule has 3 atom stereocenters. The van der Waals surface area contributed by atoms with Gasteiger partial charge in [0.1, 0.15) is 10.5 Å². The van der Waals surface area contributed by atoms with Crippen molar-refractivity contribution in [2.45, 2.75) is 38.5 Å². The highest BCUT2D eigenvalue weighted by Crippen LogP contribution is 2.52. The number of nitrogens with one attached hydrogen (secondary N) is 1. The van der Waals surface area contributed by atoms with Crippen molar-refractivity contribution in [2.75, 3.05) is 0 Å². The Balaban J connectivity index is 1.80. The predicted molar refractivity (Wildman–Crippen MR) is 87.8 cm³/mol. The number of aromatic nitrogens is 2. The summed E-state index contributed by atoms with van der Waals surface area (Å²) >= 11 is 5.52. The van der Waals surface area contributed by atoms with Crippen molar-refractivity contribution in [1.29, 1.82) is 0 Å². The van der Waals surface area contributed by atoms with E-state index in [1.807, 2.05) is 6.07 Å². The van der Waals surface area contributed by atoms with Gasteiger partial charge in [0.2, 0.25) is 0 Å². The van der Waals surface area contributed by atoms with Gasteiger partial charge in [-0.15, -0.1) is 0 Å². The third-order valence-electron chi connectivity index (χ3n) is 5.32. The van der Waals surface area contributed by atoms with Crippen LogP contribution in [0.4, 0.5) is 0 Å². The fraction of sp³-hybridized carbons (Fsp3) is 0.444. The van der Waals surface area contributed by atoms with Crippen molar-refractivity contribution < 1.29 is 0 Å². The lowest BCUT2D eigenvalue weighted by atomic mass is 9.88. The van der Waals surface area contributed by atoms with Crippen LogP contribution in [0.15, 0.2) is 30.3 Å². The maximum atomic E-state index is 5.52. The third kappa shape index (κ3) is 2.24. The Morgan fingerprint density at radius 2 is 1.95 bits per heavy atom. The molecule has 1 N–H and O–H groups in total. The molecule has 4 rings (SSSR count). The van der Waals surface area contributed by atoms with Gasteiger partial charge in [0.05, 0.1) is 5.69 Å². The molecule has 2 fully saturated rings. The quantitative estimate of drug-likeness (QED) is 0.788. The monoisotopic (exact) mass is 296 g/mol. The summed E-state index contributed by atoms with van der Waals surface area (Å²) in [5.41, 5.74) is 3.43. The van der Waals surface area contributed by atoms with Crippen molar-refractivity contribution in [3.8, 4) is 11.3 Å². The number of hydrogen-bond donors (Lipinski definition) is 1. The summed E-state index contributed by atoms with van der Waals surface area (Å²) in [6, 6.07) is 10.5. The van der Waals surface area contributed by atoms with E-state index in [1.165, 1.54) is 31.2 Å². The maximum absolute atomic E-state index is 5.52. The molecule has 3 unspecified atom stereocenters. The van der Waals surface area contributed by atoms with Gasteiger partial charge >= 0.3 is 0 Å². The Labute approximate surface area is 130 Å². The summed E-state index contributed by atoms with van der Waals surface area (Å²) in [6.07, 6.45) is 5.47. The first-order valence-electron chi connectivity index (χ1n) is 7.88. The Hall–Kier alpha value is -1.48. The van der Waals surface area contributed by atoms with Crippen LogP contribution in [-0.4, -0.2) is 9.97 Å². The molecule has 2 saturated carbocycles. The summed E-state index contributed by atoms with van der Waals surface area (Å²) in [7, 11) is 0. The van der Waals surface area contributed by atoms with Gasteiger partial charge in [-0.05, 0) is 43.6 Å². The number of benzene rings is 1. The molecule has 108 valence electrons. The van der Waals surface area contributed by atoms with Crippen LogP contribution in [0.2, 0.25) is 0 Å². The van der Waals surface area contributed by atoms with E-state index in [1.54, 1.807) is 0 Å². The lowest BCUT2D eigenvalue weighted by Gasteiger charge is -2.22. The second kappa shape index (κ2) is 5.06. The first kappa shape index (κ1) is 13.2. The normalized spacial score (nSPS) is 27.2. The minimum atomic E-state index is 0.591. The Morgan fingerprint density at radius 3 is 2.62 bits per heavy atom. The first-order valence-corrected chi connectivity index (χ1v) is 8.29. The van der Waals surface area contributed by atoms with E-state index < -0.39 is 0 Å². The van der Waals surface area contributed by atoms with Crippen molar-refractivity contribution >= 4 is 12.2 Å². The molecule has 0 amide bonds. The van der Waals surface area contributed by atoms with Crippen LogP contribution < -0.4 is 0 Å². The highest BCUT2D eigenvalue weighted by atomic mass is 32.1. The average Bonchev–Trinajstić information content (AvgIpc) is 3.13. The van der Waals surface area contributed by atoms with E-state index in [2.05, 4.69) is 36.2 Å². The second-order valence-corrected chi connectivity index (χ2v) is 6.96. The van der Waals surface area contributed by atoms with Crippen LogP contribution in [0.3, 0.4) is 0 Å². The fourth-order valence-corrected chi connectivity index (χ4v) is 4.40. The number of fused-ring (bicyclic) bond motifs is 2. The molecule has 2 aromatic rings. The number of aromatic amines is 1. The number of rotatable bonds is 2. The maximum Gasteiger partial charge on any atom is 0.133 e. The van der Waals surface area contributed by atoms with Crippen LogP contribution in [0.25, 0.3) is 11.3 Å². The third-order valence-corrected chi connectivity index (χ3v) is 5.72. The van der Waals surface area contributed by atoms with Crippen molar-refractivity contribution in [3.63, 3.8) is 0 Å². The van der Waals surface area contributed by atoms with Crippen molar-refractivity contribution in [2.24, 2.45) is 11.8 Å². The molecule has 2 bridgehead atoms. The van der Waals surface area contributed by atoms with Gasteiger partial charge in [0, 0.05) is 11.5 Å². The topological polar surface area (TPSA) is 28.7 Å². The van der Waals surface area contributed by atoms with Crippen LogP contribution in [-0.2, 0) is 0 Å². The molecule has 1 aromatic heterocycles. The highest BCUT2D eigenvalue weighted by Gasteiger charge is 2.41. The van der Waals surface area contributed by atoms with Gasteiger partial charge in [0.15, 0.2) is 0 Å². The summed E-state index contributed by atoms with van der Waals surface area (Å²) in [6.45, 7) is 2.07. The second-order valence-electron chi connectivity index (χ2n) is 6.57. The van der Waals surface area contributed by atoms with E-state index in [0.29, 0.717) is 5.92 Å². The molecule has 0 spiro atoms. The molecule has 0 aliphatic heterocycles. The van der Waals surface area contributed by atoms with Crippen LogP contribution in [0, 0.1) is 23.4 Å². The predicted octanol–water partition coefficient (Wildman–Crippen LogP) is 5.02. The largest absolute Gasteiger partial charge is 0.343 e. The Bertz CT molecular complexity index is 720. The summed E-state index contributed by atoms with van der Waals surface area (Å²) in [5.74, 6) is 3.45. The van der Waals surface area contributed by atoms with E-state index in [0.717, 1.165) is 33.6 Å². The zero-order valence-corrected chi connectivity index (χ0v) is 13.1. The zero-order chi connectivity index (χ0) is 14.4. The molecule has 3 heteroatoms. The van der Waals surface area contributed by atoms with Crippen LogP contribution in [0.5, 0.6) is 0 Å². The summed E-state index contributed by atoms with van der Waals surface area (Å²) in [4.78, 5) is 8.34. The van der Waals surface area contributed by atoms with E-state index in [-0.39, 0.29) is 0 Å². The Kier molecular flexibility index (Phi) is 3.18. The van der Waals surface area contributed by atoms with E-state index in [9.17, 15) is 0 Å². The number of hydrogen-bond acceptors (Lipinski definition) is 2. The molecule has 0 radical (unpaired) electrons. The molecule has 2 aliphatic rings. The van der Waals surface area contributed by atoms with Crippen LogP contribution >= 0.6 is 12.2 Å². The molecule has 21 heavy (non-hydrogen) atoms. The zero-order valence-electron chi connectivity index (χ0n) is 12.3. The van der Waals surface area contributed by atoms with Gasteiger partial charge < -0.3 is 4.98 Å². The fourth-order valence-electron chi connectivity index (χ4n) is 4.20. The minimum Gasteiger partial charge on any atom is -0.343 e. The van der Waals surface area contributed by atoms with E-state index in [4.69, 9.17) is 17.2 Å². The standard InChI is InChI=1S/C18H20N2S/c1-11-16(13-5-3-2-4-6-13)19-17(20-18(11)21)15-10-12-7-8-14(15)9-12/h2-6,12,14-15H,7-10H2,1H3,(H,19,20,21). The first-order chi connectivity index (χ1) is 10.2. The molecule has 1 heterocycles. The van der Waals surface area contributed by atoms with Crippen LogP contribution in [0.1, 0.15) is 43.0 Å². The average molecular weight is 296 g/mol. The molecular weight excluding hydrogens is 276 g/mol. The van der Waals surface area contributed by atoms with Crippen molar-refractivity contribution in [3.05, 3.63) is 46.4 Å². The van der Waals surface area contributed by atoms with Gasteiger partial charge in [-0.2, -0.15) is 0 Å². The van der Waals surface area contributed by atoms with Gasteiger partial charge in [-0.1, -0.05) is 49.0 Å². The summed E-state index contributed by atoms with van der Waals surface area (Å²) in [5, 5.41) is 0. The molecule has 0 saturated heterocycles. The SMILES string of the molecule is Cc1c(-c2ccccc2)[nH]c(C2CC3CCC2C3)nc1=S. The van der Waals surface area contributed by atoms with E-state index >= 15 is 0 Å². The molecule has 2 aliphatic carbocycles. The number of nitrogens with zero attached hydrogens (tertiary/aromatic N) is 1. The lowest BCUT2D eigenvalue weighted by molar-refractivity contribution is 0.405. The van der Waals surface area contributed by atoms with Gasteiger partial charge in [0.25, 0.3) is 0 Å².